The Bertz CT molecular complexity index is 157. The van der Waals surface area contributed by atoms with E-state index in [1.54, 1.807) is 0 Å². The predicted octanol–water partition coefficient (Wildman–Crippen LogP) is 1.77. The maximum Gasteiger partial charge on any atom is 0.238 e. The molecule has 0 heterocycles. The normalized spacial score (nSPS) is 11.7. The van der Waals surface area contributed by atoms with E-state index in [4.69, 9.17) is 0 Å². The average Bonchev–Trinajstić information content (AvgIpc) is 1.87. The topological polar surface area (TPSA) is 43.1 Å². The zero-order valence-corrected chi connectivity index (χ0v) is 6.04. The summed E-state index contributed by atoms with van der Waals surface area (Å²) in [5.41, 5.74) is 2.42. The Morgan fingerprint density at radius 2 is 2.50 bits per heavy atom. The van der Waals surface area contributed by atoms with Crippen LogP contribution in [0.25, 0.3) is 0 Å². The molecule has 0 saturated carbocycles. The highest BCUT2D eigenvalue weighted by Gasteiger charge is 2.13. The lowest BCUT2D eigenvalue weighted by atomic mass is 10.2. The number of hydrogen-bond acceptors (Lipinski definition) is 2. The van der Waals surface area contributed by atoms with E-state index in [0.717, 1.165) is 6.42 Å². The first-order valence-corrected chi connectivity index (χ1v) is 3.21. The molecule has 0 rings (SSSR count). The van der Waals surface area contributed by atoms with Gasteiger partial charge >= 0.3 is 0 Å². The lowest BCUT2D eigenvalue weighted by Gasteiger charge is -1.99. The molecule has 1 atom stereocenters. The van der Waals surface area contributed by atoms with Gasteiger partial charge in [0.1, 0.15) is 0 Å². The number of rotatable bonds is 4. The van der Waals surface area contributed by atoms with E-state index in [1.165, 1.54) is 6.08 Å². The van der Waals surface area contributed by atoms with Crippen molar-refractivity contribution in [1.82, 2.24) is 0 Å². The van der Waals surface area contributed by atoms with Crippen molar-refractivity contribution in [1.29, 1.82) is 0 Å². The summed E-state index contributed by atoms with van der Waals surface area (Å²) in [7, 11) is 0. The summed E-state index contributed by atoms with van der Waals surface area (Å²) in [6.07, 6.45) is 2.77. The minimum absolute atomic E-state index is 0.318. The predicted molar refractivity (Wildman–Crippen MR) is 39.4 cm³/mol. The van der Waals surface area contributed by atoms with Crippen molar-refractivity contribution >= 4 is 0 Å². The molecule has 3 nitrogen and oxygen atoms in total. The highest BCUT2D eigenvalue weighted by atomic mass is 16.6. The molecule has 0 radical (unpaired) electrons. The van der Waals surface area contributed by atoms with Gasteiger partial charge in [0.25, 0.3) is 0 Å². The Morgan fingerprint density at radius 3 is 2.80 bits per heavy atom. The van der Waals surface area contributed by atoms with Crippen LogP contribution >= 0.6 is 0 Å². The Balaban J connectivity index is 3.97. The highest BCUT2D eigenvalue weighted by molar-refractivity contribution is 4.84. The Kier molecular flexibility index (Phi) is 4.25. The second-order valence-electron chi connectivity index (χ2n) is 2.01. The van der Waals surface area contributed by atoms with Crippen LogP contribution in [-0.2, 0) is 0 Å². The molecule has 0 spiro atoms. The van der Waals surface area contributed by atoms with Crippen molar-refractivity contribution in [3.8, 4) is 0 Å². The first kappa shape index (κ1) is 8.92. The van der Waals surface area contributed by atoms with Crippen molar-refractivity contribution in [2.45, 2.75) is 25.8 Å². The third kappa shape index (κ3) is 3.05. The number of nitrogens with zero attached hydrogens (tertiary/aromatic N) is 1. The molecule has 0 aliphatic carbocycles. The summed E-state index contributed by atoms with van der Waals surface area (Å²) in [6.45, 7) is 5.19. The van der Waals surface area contributed by atoms with Gasteiger partial charge in [-0.1, -0.05) is 13.5 Å². The molecule has 0 aromatic carbocycles. The van der Waals surface area contributed by atoms with Gasteiger partial charge < -0.3 is 0 Å². The molecular formula is C7H11NO2. The largest absolute Gasteiger partial charge is 0.264 e. The van der Waals surface area contributed by atoms with Gasteiger partial charge in [-0.15, -0.1) is 5.73 Å². The van der Waals surface area contributed by atoms with Crippen LogP contribution in [0.4, 0.5) is 0 Å². The summed E-state index contributed by atoms with van der Waals surface area (Å²) >= 11 is 0. The van der Waals surface area contributed by atoms with E-state index in [0.29, 0.717) is 6.42 Å². The van der Waals surface area contributed by atoms with Gasteiger partial charge in [0.15, 0.2) is 0 Å². The molecule has 10 heavy (non-hydrogen) atoms. The molecule has 0 aliphatic heterocycles. The van der Waals surface area contributed by atoms with Crippen molar-refractivity contribution in [2.24, 2.45) is 0 Å². The highest BCUT2D eigenvalue weighted by Crippen LogP contribution is 2.00. The zero-order valence-electron chi connectivity index (χ0n) is 6.04. The summed E-state index contributed by atoms with van der Waals surface area (Å²) in [4.78, 5) is 9.87. The van der Waals surface area contributed by atoms with Crippen LogP contribution < -0.4 is 0 Å². The van der Waals surface area contributed by atoms with Crippen molar-refractivity contribution < 1.29 is 4.92 Å². The standard InChI is InChI=1S/C7H11NO2/c1-3-5-7(6-4-2)8(9)10/h5,7H,1,4,6H2,2H3. The van der Waals surface area contributed by atoms with Gasteiger partial charge in [-0.2, -0.15) is 0 Å². The van der Waals surface area contributed by atoms with Crippen LogP contribution in [0, 0.1) is 10.1 Å². The molecule has 0 bridgehead atoms. The van der Waals surface area contributed by atoms with Gasteiger partial charge in [-0.3, -0.25) is 10.1 Å². The zero-order chi connectivity index (χ0) is 7.98. The fraction of sp³-hybridized carbons (Fsp3) is 0.571. The molecule has 0 saturated heterocycles. The van der Waals surface area contributed by atoms with E-state index in [-0.39, 0.29) is 4.92 Å². The lowest BCUT2D eigenvalue weighted by Crippen LogP contribution is -2.15. The van der Waals surface area contributed by atoms with E-state index in [1.807, 2.05) is 6.92 Å². The van der Waals surface area contributed by atoms with E-state index in [9.17, 15) is 10.1 Å². The van der Waals surface area contributed by atoms with Crippen LogP contribution in [0.15, 0.2) is 18.4 Å². The SMILES string of the molecule is C=C=CC(CCC)[N+](=O)[O-]. The minimum atomic E-state index is -0.595. The van der Waals surface area contributed by atoms with Gasteiger partial charge in [0, 0.05) is 17.4 Å². The summed E-state index contributed by atoms with van der Waals surface area (Å²) in [6, 6.07) is -0.595. The molecule has 0 aliphatic rings. The molecule has 0 N–H and O–H groups in total. The lowest BCUT2D eigenvalue weighted by molar-refractivity contribution is -0.510. The molecule has 56 valence electrons. The van der Waals surface area contributed by atoms with Crippen LogP contribution in [0.1, 0.15) is 19.8 Å². The molecule has 1 unspecified atom stereocenters. The fourth-order valence-electron chi connectivity index (χ4n) is 0.681. The average molecular weight is 141 g/mol. The Hall–Kier alpha value is -1.08. The first-order chi connectivity index (χ1) is 4.72. The van der Waals surface area contributed by atoms with Crippen LogP contribution in [0.3, 0.4) is 0 Å². The second kappa shape index (κ2) is 4.77. The first-order valence-electron chi connectivity index (χ1n) is 3.21. The molecule has 0 aromatic heterocycles. The summed E-state index contributed by atoms with van der Waals surface area (Å²) in [5.74, 6) is 0. The van der Waals surface area contributed by atoms with Crippen molar-refractivity contribution in [3.63, 3.8) is 0 Å². The third-order valence-corrected chi connectivity index (χ3v) is 1.17. The van der Waals surface area contributed by atoms with E-state index < -0.39 is 6.04 Å². The van der Waals surface area contributed by atoms with Crippen LogP contribution in [-0.4, -0.2) is 11.0 Å². The minimum Gasteiger partial charge on any atom is -0.264 e. The van der Waals surface area contributed by atoms with Crippen molar-refractivity contribution in [3.05, 3.63) is 28.5 Å². The van der Waals surface area contributed by atoms with Gasteiger partial charge in [-0.25, -0.2) is 0 Å². The number of hydrogen-bond donors (Lipinski definition) is 0. The summed E-state index contributed by atoms with van der Waals surface area (Å²) in [5, 5.41) is 10.2. The monoisotopic (exact) mass is 141 g/mol. The Labute approximate surface area is 60.2 Å². The fourth-order valence-corrected chi connectivity index (χ4v) is 0.681. The van der Waals surface area contributed by atoms with Gasteiger partial charge in [-0.05, 0) is 6.42 Å². The second-order valence-corrected chi connectivity index (χ2v) is 2.01. The maximum absolute atomic E-state index is 10.2. The molecule has 0 amide bonds. The Morgan fingerprint density at radius 1 is 1.90 bits per heavy atom. The van der Waals surface area contributed by atoms with Crippen LogP contribution in [0.5, 0.6) is 0 Å². The van der Waals surface area contributed by atoms with Crippen LogP contribution in [0.2, 0.25) is 0 Å². The van der Waals surface area contributed by atoms with Gasteiger partial charge in [0.2, 0.25) is 6.04 Å². The van der Waals surface area contributed by atoms with E-state index >= 15 is 0 Å². The molecular weight excluding hydrogens is 130 g/mol. The quantitative estimate of drug-likeness (QED) is 0.340. The number of nitro groups is 1. The smallest absolute Gasteiger partial charge is 0.238 e. The molecule has 0 fully saturated rings. The third-order valence-electron chi connectivity index (χ3n) is 1.17. The van der Waals surface area contributed by atoms with Crippen molar-refractivity contribution in [2.75, 3.05) is 0 Å². The maximum atomic E-state index is 10.2. The molecule has 3 heteroatoms. The van der Waals surface area contributed by atoms with E-state index in [2.05, 4.69) is 12.3 Å². The summed E-state index contributed by atoms with van der Waals surface area (Å²) < 4.78 is 0. The molecule has 0 aromatic rings. The van der Waals surface area contributed by atoms with Gasteiger partial charge in [0.05, 0.1) is 0 Å².